The van der Waals surface area contributed by atoms with Crippen molar-refractivity contribution in [3.8, 4) is 0 Å². The maximum atomic E-state index is 12.4. The van der Waals surface area contributed by atoms with E-state index in [1.165, 1.54) is 16.7 Å². The number of likely N-dealkylation sites (tertiary alicyclic amines) is 1. The van der Waals surface area contributed by atoms with E-state index in [0.717, 1.165) is 32.7 Å². The van der Waals surface area contributed by atoms with E-state index in [0.29, 0.717) is 5.92 Å². The molecule has 0 spiro atoms. The van der Waals surface area contributed by atoms with Gasteiger partial charge in [-0.15, -0.1) is 0 Å². The van der Waals surface area contributed by atoms with Crippen molar-refractivity contribution in [3.63, 3.8) is 0 Å². The summed E-state index contributed by atoms with van der Waals surface area (Å²) in [4.78, 5) is 14.3. The van der Waals surface area contributed by atoms with E-state index in [9.17, 15) is 4.79 Å². The molecular formula is C18H28N2O2. The first-order valence-electron chi connectivity index (χ1n) is 8.21. The Balaban J connectivity index is 1.90. The van der Waals surface area contributed by atoms with Crippen molar-refractivity contribution < 1.29 is 9.53 Å². The van der Waals surface area contributed by atoms with Gasteiger partial charge in [0.05, 0.1) is 12.6 Å². The average Bonchev–Trinajstić information content (AvgIpc) is 2.96. The molecule has 1 heterocycles. The number of carbonyl (C=O) groups is 1. The Morgan fingerprint density at radius 1 is 1.45 bits per heavy atom. The minimum Gasteiger partial charge on any atom is -0.381 e. The van der Waals surface area contributed by atoms with Crippen LogP contribution in [0.25, 0.3) is 0 Å². The normalized spacial score (nSPS) is 19.3. The first kappa shape index (κ1) is 16.8. The predicted octanol–water partition coefficient (Wildman–Crippen LogP) is 3.43. The second kappa shape index (κ2) is 7.63. The third kappa shape index (κ3) is 4.23. The molecule has 4 heteroatoms. The summed E-state index contributed by atoms with van der Waals surface area (Å²) in [6.07, 6.45) is 1.03. The summed E-state index contributed by atoms with van der Waals surface area (Å²) >= 11 is 0. The summed E-state index contributed by atoms with van der Waals surface area (Å²) in [6.45, 7) is 11.3. The summed E-state index contributed by atoms with van der Waals surface area (Å²) < 4.78 is 5.47. The Morgan fingerprint density at radius 3 is 2.95 bits per heavy atom. The molecule has 1 N–H and O–H groups in total. The molecule has 0 aliphatic carbocycles. The first-order valence-corrected chi connectivity index (χ1v) is 8.21. The SMILES string of the molecule is CCOC[C@H]1CCN(C(=O)N[C@@H](C)c2cc(C)ccc2C)C1. The van der Waals surface area contributed by atoms with Crippen LogP contribution in [-0.4, -0.2) is 37.2 Å². The summed E-state index contributed by atoms with van der Waals surface area (Å²) in [5.74, 6) is 0.474. The van der Waals surface area contributed by atoms with Gasteiger partial charge in [0.1, 0.15) is 0 Å². The zero-order valence-electron chi connectivity index (χ0n) is 14.2. The Bertz CT molecular complexity index is 516. The number of urea groups is 1. The minimum absolute atomic E-state index is 0.0262. The van der Waals surface area contributed by atoms with Gasteiger partial charge in [0.25, 0.3) is 0 Å². The molecule has 1 saturated heterocycles. The quantitative estimate of drug-likeness (QED) is 0.905. The highest BCUT2D eigenvalue weighted by Crippen LogP contribution is 2.21. The topological polar surface area (TPSA) is 41.6 Å². The van der Waals surface area contributed by atoms with Crippen molar-refractivity contribution in [2.75, 3.05) is 26.3 Å². The summed E-state index contributed by atoms with van der Waals surface area (Å²) in [5.41, 5.74) is 3.63. The van der Waals surface area contributed by atoms with Gasteiger partial charge in [0.2, 0.25) is 0 Å². The van der Waals surface area contributed by atoms with Crippen molar-refractivity contribution >= 4 is 6.03 Å². The number of ether oxygens (including phenoxy) is 1. The third-order valence-corrected chi connectivity index (χ3v) is 4.37. The van der Waals surface area contributed by atoms with Crippen LogP contribution in [0.4, 0.5) is 4.79 Å². The summed E-state index contributed by atoms with van der Waals surface area (Å²) in [7, 11) is 0. The molecule has 122 valence electrons. The van der Waals surface area contributed by atoms with E-state index in [-0.39, 0.29) is 12.1 Å². The fourth-order valence-corrected chi connectivity index (χ4v) is 3.02. The van der Waals surface area contributed by atoms with Gasteiger partial charge < -0.3 is 15.0 Å². The van der Waals surface area contributed by atoms with Crippen molar-refractivity contribution in [1.29, 1.82) is 0 Å². The zero-order valence-corrected chi connectivity index (χ0v) is 14.2. The number of aryl methyl sites for hydroxylation is 2. The number of carbonyl (C=O) groups excluding carboxylic acids is 1. The van der Waals surface area contributed by atoms with Gasteiger partial charge in [0, 0.05) is 25.6 Å². The number of hydrogen-bond donors (Lipinski definition) is 1. The van der Waals surface area contributed by atoms with Crippen LogP contribution in [0.5, 0.6) is 0 Å². The van der Waals surface area contributed by atoms with E-state index in [4.69, 9.17) is 4.74 Å². The van der Waals surface area contributed by atoms with Gasteiger partial charge in [-0.05, 0) is 45.2 Å². The van der Waals surface area contributed by atoms with Crippen LogP contribution in [0, 0.1) is 19.8 Å². The zero-order chi connectivity index (χ0) is 16.1. The average molecular weight is 304 g/mol. The highest BCUT2D eigenvalue weighted by atomic mass is 16.5. The third-order valence-electron chi connectivity index (χ3n) is 4.37. The van der Waals surface area contributed by atoms with Gasteiger partial charge in [-0.2, -0.15) is 0 Å². The number of rotatable bonds is 5. The molecule has 1 fully saturated rings. The molecule has 0 bridgehead atoms. The molecule has 2 amide bonds. The van der Waals surface area contributed by atoms with Crippen LogP contribution < -0.4 is 5.32 Å². The fraction of sp³-hybridized carbons (Fsp3) is 0.611. The van der Waals surface area contributed by atoms with Gasteiger partial charge in [0.15, 0.2) is 0 Å². The van der Waals surface area contributed by atoms with Crippen LogP contribution in [-0.2, 0) is 4.74 Å². The Kier molecular flexibility index (Phi) is 5.83. The maximum Gasteiger partial charge on any atom is 0.317 e. The fourth-order valence-electron chi connectivity index (χ4n) is 3.02. The van der Waals surface area contributed by atoms with Crippen LogP contribution in [0.3, 0.4) is 0 Å². The van der Waals surface area contributed by atoms with E-state index in [1.807, 2.05) is 18.7 Å². The summed E-state index contributed by atoms with van der Waals surface area (Å²) in [6, 6.07) is 6.43. The number of nitrogens with one attached hydrogen (secondary N) is 1. The van der Waals surface area contributed by atoms with Crippen LogP contribution in [0.1, 0.15) is 43.0 Å². The second-order valence-corrected chi connectivity index (χ2v) is 6.29. The van der Waals surface area contributed by atoms with E-state index in [2.05, 4.69) is 37.4 Å². The lowest BCUT2D eigenvalue weighted by Crippen LogP contribution is -2.40. The molecule has 4 nitrogen and oxygen atoms in total. The molecule has 1 aromatic rings. The molecule has 2 atom stereocenters. The number of nitrogens with zero attached hydrogens (tertiary/aromatic N) is 1. The molecule has 0 radical (unpaired) electrons. The molecule has 1 aliphatic heterocycles. The first-order chi connectivity index (χ1) is 10.5. The molecule has 1 aliphatic rings. The van der Waals surface area contributed by atoms with Gasteiger partial charge in [-0.25, -0.2) is 4.79 Å². The Labute approximate surface area is 133 Å². The van der Waals surface area contributed by atoms with E-state index >= 15 is 0 Å². The minimum atomic E-state index is 0.0262. The number of hydrogen-bond acceptors (Lipinski definition) is 2. The summed E-state index contributed by atoms with van der Waals surface area (Å²) in [5, 5.41) is 3.13. The van der Waals surface area contributed by atoms with Crippen molar-refractivity contribution in [2.45, 2.75) is 40.2 Å². The molecule has 22 heavy (non-hydrogen) atoms. The lowest BCUT2D eigenvalue weighted by atomic mass is 10.0. The predicted molar refractivity (Wildman–Crippen MR) is 89.0 cm³/mol. The second-order valence-electron chi connectivity index (χ2n) is 6.29. The molecule has 0 saturated carbocycles. The van der Waals surface area contributed by atoms with Gasteiger partial charge in [-0.1, -0.05) is 23.8 Å². The number of amides is 2. The van der Waals surface area contributed by atoms with E-state index < -0.39 is 0 Å². The Hall–Kier alpha value is -1.55. The molecule has 0 unspecified atom stereocenters. The van der Waals surface area contributed by atoms with Crippen molar-refractivity contribution in [2.24, 2.45) is 5.92 Å². The smallest absolute Gasteiger partial charge is 0.317 e. The van der Waals surface area contributed by atoms with E-state index in [1.54, 1.807) is 0 Å². The lowest BCUT2D eigenvalue weighted by molar-refractivity contribution is 0.113. The van der Waals surface area contributed by atoms with Gasteiger partial charge in [-0.3, -0.25) is 0 Å². The number of benzene rings is 1. The standard InChI is InChI=1S/C18H28N2O2/c1-5-22-12-16-8-9-20(11-16)18(21)19-15(4)17-10-13(2)6-7-14(17)3/h6-7,10,15-16H,5,8-9,11-12H2,1-4H3,(H,19,21)/t15-,16-/m0/s1. The Morgan fingerprint density at radius 2 is 2.23 bits per heavy atom. The highest BCUT2D eigenvalue weighted by molar-refractivity contribution is 5.75. The largest absolute Gasteiger partial charge is 0.381 e. The maximum absolute atomic E-state index is 12.4. The van der Waals surface area contributed by atoms with Crippen LogP contribution >= 0.6 is 0 Å². The van der Waals surface area contributed by atoms with Crippen LogP contribution in [0.15, 0.2) is 18.2 Å². The van der Waals surface area contributed by atoms with Gasteiger partial charge >= 0.3 is 6.03 Å². The van der Waals surface area contributed by atoms with Crippen LogP contribution in [0.2, 0.25) is 0 Å². The molecule has 2 rings (SSSR count). The molecule has 1 aromatic carbocycles. The monoisotopic (exact) mass is 304 g/mol. The lowest BCUT2D eigenvalue weighted by Gasteiger charge is -2.22. The molecular weight excluding hydrogens is 276 g/mol. The molecule has 0 aromatic heterocycles. The van der Waals surface area contributed by atoms with Crippen molar-refractivity contribution in [3.05, 3.63) is 34.9 Å². The van der Waals surface area contributed by atoms with Crippen molar-refractivity contribution in [1.82, 2.24) is 10.2 Å². The highest BCUT2D eigenvalue weighted by Gasteiger charge is 2.27.